The Hall–Kier alpha value is -2.38. The molecule has 2 saturated heterocycles. The number of ketones is 3. The number of nitrogens with zero attached hydrogens (tertiary/aromatic N) is 1. The van der Waals surface area contributed by atoms with E-state index in [1.165, 1.54) is 0 Å². The summed E-state index contributed by atoms with van der Waals surface area (Å²) in [6.45, 7) is 0. The van der Waals surface area contributed by atoms with Crippen molar-refractivity contribution in [1.82, 2.24) is 4.90 Å². The van der Waals surface area contributed by atoms with Crippen molar-refractivity contribution >= 4 is 52.5 Å². The molecule has 0 unspecified atom stereocenters. The fraction of sp³-hybridized carbons (Fsp3) is 0.250. The Labute approximate surface area is 216 Å². The summed E-state index contributed by atoms with van der Waals surface area (Å²) in [6.07, 6.45) is 0. The summed E-state index contributed by atoms with van der Waals surface area (Å²) in [7, 11) is 0. The summed E-state index contributed by atoms with van der Waals surface area (Å²) in [5.74, 6) is 0.811. The van der Waals surface area contributed by atoms with E-state index in [0.717, 1.165) is 16.2 Å². The highest BCUT2D eigenvalue weighted by atomic mass is 35.5. The number of Topliss-reactive ketones (excluding diaryl/α,β-unsaturated/α-hetero) is 3. The molecule has 35 heavy (non-hydrogen) atoms. The number of fused-ring (bicyclic) bond motifs is 5. The van der Waals surface area contributed by atoms with Crippen molar-refractivity contribution in [1.29, 1.82) is 0 Å². The van der Waals surface area contributed by atoms with Gasteiger partial charge in [0.15, 0.2) is 22.9 Å². The summed E-state index contributed by atoms with van der Waals surface area (Å²) in [4.78, 5) is 46.7. The molecular formula is C28H20ClNO3S2. The standard InChI is InChI=1S/C28H20ClNO3S2/c29-17-11-9-16(10-12-17)23-21-13-34-15-30(21)28(25(32)18-5-1-2-6-19(18)26(28)33)27(23)14-35-22-8-4-3-7-20(22)24(27)31/h1-12,21,23H,13-15H2/t21-,23-,27-/m1/s1. The molecule has 0 aromatic heterocycles. The zero-order valence-electron chi connectivity index (χ0n) is 18.6. The molecule has 7 rings (SSSR count). The van der Waals surface area contributed by atoms with Gasteiger partial charge in [-0.2, -0.15) is 0 Å². The first-order valence-corrected chi connectivity index (χ1v) is 14.1. The van der Waals surface area contributed by atoms with Crippen LogP contribution in [0, 0.1) is 5.41 Å². The predicted octanol–water partition coefficient (Wildman–Crippen LogP) is 5.61. The molecule has 0 saturated carbocycles. The zero-order chi connectivity index (χ0) is 23.9. The lowest BCUT2D eigenvalue weighted by Gasteiger charge is -2.47. The van der Waals surface area contributed by atoms with E-state index in [-0.39, 0.29) is 29.3 Å². The van der Waals surface area contributed by atoms with E-state index >= 15 is 0 Å². The van der Waals surface area contributed by atoms with Gasteiger partial charge >= 0.3 is 0 Å². The van der Waals surface area contributed by atoms with Crippen LogP contribution in [0.5, 0.6) is 0 Å². The molecule has 4 aliphatic rings. The molecule has 0 N–H and O–H groups in total. The third kappa shape index (κ3) is 2.53. The van der Waals surface area contributed by atoms with E-state index in [2.05, 4.69) is 4.90 Å². The van der Waals surface area contributed by atoms with Crippen LogP contribution in [0.1, 0.15) is 42.6 Å². The minimum Gasteiger partial charge on any atom is -0.293 e. The SMILES string of the molecule is O=C1c2ccccc2C(=O)C12N1CSC[C@@H]1[C@@H](c1ccc(Cl)cc1)[C@@]21CSc2ccccc2C1=O. The van der Waals surface area contributed by atoms with Gasteiger partial charge in [0, 0.05) is 56.0 Å². The number of rotatable bonds is 1. The third-order valence-electron chi connectivity index (χ3n) is 8.21. The van der Waals surface area contributed by atoms with E-state index in [1.54, 1.807) is 47.8 Å². The van der Waals surface area contributed by atoms with Crippen LogP contribution in [0.25, 0.3) is 0 Å². The van der Waals surface area contributed by atoms with Gasteiger partial charge in [0.05, 0.1) is 5.41 Å². The molecule has 0 radical (unpaired) electrons. The number of hydrogen-bond donors (Lipinski definition) is 0. The Morgan fingerprint density at radius 1 is 0.800 bits per heavy atom. The Bertz CT molecular complexity index is 1400. The molecule has 3 aliphatic heterocycles. The Morgan fingerprint density at radius 3 is 2.11 bits per heavy atom. The number of carbonyl (C=O) groups excluding carboxylic acids is 3. The highest BCUT2D eigenvalue weighted by molar-refractivity contribution is 7.99. The number of benzene rings is 3. The number of thioether (sulfide) groups is 2. The molecule has 3 atom stereocenters. The van der Waals surface area contributed by atoms with Crippen LogP contribution in [0.4, 0.5) is 0 Å². The molecule has 2 fully saturated rings. The monoisotopic (exact) mass is 517 g/mol. The quantitative estimate of drug-likeness (QED) is 0.391. The summed E-state index contributed by atoms with van der Waals surface area (Å²) in [6, 6.07) is 22.1. The second kappa shape index (κ2) is 7.56. The average Bonchev–Trinajstić information content (AvgIpc) is 3.51. The van der Waals surface area contributed by atoms with Crippen LogP contribution < -0.4 is 0 Å². The minimum absolute atomic E-state index is 0.0966. The van der Waals surface area contributed by atoms with Crippen LogP contribution in [-0.4, -0.2) is 51.2 Å². The van der Waals surface area contributed by atoms with E-state index in [4.69, 9.17) is 11.6 Å². The topological polar surface area (TPSA) is 54.5 Å². The van der Waals surface area contributed by atoms with Gasteiger partial charge in [0.1, 0.15) is 0 Å². The van der Waals surface area contributed by atoms with Gasteiger partial charge in [-0.3, -0.25) is 19.3 Å². The van der Waals surface area contributed by atoms with Gasteiger partial charge in [-0.25, -0.2) is 0 Å². The maximum absolute atomic E-state index is 14.7. The Kier molecular flexibility index (Phi) is 4.72. The molecule has 174 valence electrons. The summed E-state index contributed by atoms with van der Waals surface area (Å²) < 4.78 is 0. The molecule has 1 aliphatic carbocycles. The van der Waals surface area contributed by atoms with Gasteiger partial charge in [-0.1, -0.05) is 66.2 Å². The molecule has 2 spiro atoms. The maximum atomic E-state index is 14.7. The molecule has 3 aromatic rings. The molecule has 3 aromatic carbocycles. The Morgan fingerprint density at radius 2 is 1.43 bits per heavy atom. The van der Waals surface area contributed by atoms with E-state index in [9.17, 15) is 14.4 Å². The molecule has 7 heteroatoms. The van der Waals surface area contributed by atoms with Gasteiger partial charge in [0.25, 0.3) is 0 Å². The predicted molar refractivity (Wildman–Crippen MR) is 139 cm³/mol. The lowest BCUT2D eigenvalue weighted by molar-refractivity contribution is 0.0340. The van der Waals surface area contributed by atoms with Gasteiger partial charge in [-0.15, -0.1) is 23.5 Å². The normalized spacial score (nSPS) is 28.5. The summed E-state index contributed by atoms with van der Waals surface area (Å²) in [5.41, 5.74) is -0.353. The van der Waals surface area contributed by atoms with E-state index in [0.29, 0.717) is 33.3 Å². The fourth-order valence-corrected chi connectivity index (χ4v) is 9.70. The summed E-state index contributed by atoms with van der Waals surface area (Å²) >= 11 is 9.55. The van der Waals surface area contributed by atoms with Gasteiger partial charge in [-0.05, 0) is 23.8 Å². The van der Waals surface area contributed by atoms with E-state index < -0.39 is 11.0 Å². The lowest BCUT2D eigenvalue weighted by atomic mass is 9.58. The third-order valence-corrected chi connectivity index (χ3v) is 10.8. The molecular weight excluding hydrogens is 498 g/mol. The van der Waals surface area contributed by atoms with E-state index in [1.807, 2.05) is 48.5 Å². The molecule has 4 nitrogen and oxygen atoms in total. The maximum Gasteiger partial charge on any atom is 0.192 e. The first-order valence-electron chi connectivity index (χ1n) is 11.6. The van der Waals surface area contributed by atoms with Crippen LogP contribution in [0.3, 0.4) is 0 Å². The Balaban J connectivity index is 1.56. The van der Waals surface area contributed by atoms with Crippen molar-refractivity contribution in [3.05, 3.63) is 100 Å². The van der Waals surface area contributed by atoms with Crippen molar-refractivity contribution in [3.8, 4) is 0 Å². The fourth-order valence-electron chi connectivity index (χ4n) is 6.88. The van der Waals surface area contributed by atoms with Crippen LogP contribution >= 0.6 is 35.1 Å². The average molecular weight is 518 g/mol. The first-order chi connectivity index (χ1) is 17.0. The number of carbonyl (C=O) groups is 3. The van der Waals surface area contributed by atoms with Crippen LogP contribution in [-0.2, 0) is 0 Å². The molecule has 3 heterocycles. The van der Waals surface area contributed by atoms with Crippen LogP contribution in [0.2, 0.25) is 5.02 Å². The van der Waals surface area contributed by atoms with Crippen molar-refractivity contribution in [2.75, 3.05) is 17.4 Å². The van der Waals surface area contributed by atoms with Crippen LogP contribution in [0.15, 0.2) is 77.7 Å². The van der Waals surface area contributed by atoms with Crippen molar-refractivity contribution in [2.24, 2.45) is 5.41 Å². The second-order valence-electron chi connectivity index (χ2n) is 9.57. The second-order valence-corrected chi connectivity index (χ2v) is 12.0. The smallest absolute Gasteiger partial charge is 0.192 e. The number of halogens is 1. The lowest BCUT2D eigenvalue weighted by Crippen LogP contribution is -2.66. The van der Waals surface area contributed by atoms with Crippen molar-refractivity contribution < 1.29 is 14.4 Å². The highest BCUT2D eigenvalue weighted by Gasteiger charge is 2.80. The van der Waals surface area contributed by atoms with Gasteiger partial charge in [0.2, 0.25) is 0 Å². The van der Waals surface area contributed by atoms with Gasteiger partial charge < -0.3 is 0 Å². The molecule has 0 bridgehead atoms. The largest absolute Gasteiger partial charge is 0.293 e. The minimum atomic E-state index is -1.55. The first kappa shape index (κ1) is 21.9. The highest BCUT2D eigenvalue weighted by Crippen LogP contribution is 2.67. The molecule has 0 amide bonds. The van der Waals surface area contributed by atoms with Crippen molar-refractivity contribution in [3.63, 3.8) is 0 Å². The zero-order valence-corrected chi connectivity index (χ0v) is 21.0. The van der Waals surface area contributed by atoms with Crippen molar-refractivity contribution in [2.45, 2.75) is 22.4 Å². The summed E-state index contributed by atoms with van der Waals surface area (Å²) in [5, 5.41) is 0.614. The number of hydrogen-bond acceptors (Lipinski definition) is 6.